The summed E-state index contributed by atoms with van der Waals surface area (Å²) >= 11 is 0. The molecule has 2 aromatic rings. The zero-order chi connectivity index (χ0) is 29.1. The van der Waals surface area contributed by atoms with Crippen LogP contribution in [0, 0.1) is 0 Å². The summed E-state index contributed by atoms with van der Waals surface area (Å²) in [6.07, 6.45) is -6.51. The molecule has 3 rings (SSSR count). The predicted octanol–water partition coefficient (Wildman–Crippen LogP) is 0.854. The molecule has 39 heavy (non-hydrogen) atoms. The van der Waals surface area contributed by atoms with Crippen molar-refractivity contribution in [1.29, 1.82) is 0 Å². The summed E-state index contributed by atoms with van der Waals surface area (Å²) in [5.74, 6) is -5.13. The highest BCUT2D eigenvalue weighted by molar-refractivity contribution is 5.92. The van der Waals surface area contributed by atoms with Crippen LogP contribution in [0.1, 0.15) is 33.6 Å². The summed E-state index contributed by atoms with van der Waals surface area (Å²) in [4.78, 5) is 37.8. The zero-order valence-corrected chi connectivity index (χ0v) is 21.4. The van der Waals surface area contributed by atoms with E-state index in [0.717, 1.165) is 24.3 Å². The van der Waals surface area contributed by atoms with Gasteiger partial charge in [0.05, 0.1) is 45.7 Å². The summed E-state index contributed by atoms with van der Waals surface area (Å²) in [5.41, 5.74) is -2.88. The van der Waals surface area contributed by atoms with Gasteiger partial charge in [0.2, 0.25) is 11.5 Å². The summed E-state index contributed by atoms with van der Waals surface area (Å²) in [5, 5.41) is 51.0. The van der Waals surface area contributed by atoms with Gasteiger partial charge in [-0.15, -0.1) is 0 Å². The molecule has 0 bridgehead atoms. The third-order valence-corrected chi connectivity index (χ3v) is 6.16. The molecular weight excluding hydrogens is 524 g/mol. The first-order valence-corrected chi connectivity index (χ1v) is 11.3. The van der Waals surface area contributed by atoms with Crippen LogP contribution in [-0.2, 0) is 14.3 Å². The fourth-order valence-electron chi connectivity index (χ4n) is 4.10. The number of aliphatic hydroxyl groups excluding tert-OH is 1. The molecule has 2 aromatic carbocycles. The van der Waals surface area contributed by atoms with E-state index in [-0.39, 0.29) is 39.9 Å². The van der Waals surface area contributed by atoms with E-state index in [9.17, 15) is 39.9 Å². The van der Waals surface area contributed by atoms with E-state index in [4.69, 9.17) is 28.4 Å². The Balaban J connectivity index is 1.95. The Morgan fingerprint density at radius 3 is 1.49 bits per heavy atom. The molecular formula is C25H28O14. The first kappa shape index (κ1) is 29.1. The highest BCUT2D eigenvalue weighted by atomic mass is 16.6. The van der Waals surface area contributed by atoms with Crippen molar-refractivity contribution >= 4 is 17.9 Å². The quantitative estimate of drug-likeness (QED) is 0.273. The molecule has 14 nitrogen and oxygen atoms in total. The van der Waals surface area contributed by atoms with Crippen LogP contribution in [0.4, 0.5) is 0 Å². The Hall–Kier alpha value is -4.43. The molecule has 0 heterocycles. The molecule has 1 saturated carbocycles. The summed E-state index contributed by atoms with van der Waals surface area (Å²) in [6.45, 7) is 0. The number of aliphatic hydroxyl groups is 2. The van der Waals surface area contributed by atoms with Gasteiger partial charge in [-0.25, -0.2) is 14.4 Å². The van der Waals surface area contributed by atoms with Gasteiger partial charge in [-0.05, 0) is 24.3 Å². The van der Waals surface area contributed by atoms with Gasteiger partial charge >= 0.3 is 17.9 Å². The SMILES string of the molecule is COc1cc(C(=O)O[C@@H]2[C@H](O)C[C@@](O)(C(=O)O)C[C@H]2OC(=O)c2cc(OC)c(O)c(OC)c2)cc(OC)c1O. The van der Waals surface area contributed by atoms with Gasteiger partial charge in [-0.1, -0.05) is 0 Å². The van der Waals surface area contributed by atoms with Gasteiger partial charge in [0.1, 0.15) is 6.10 Å². The highest BCUT2D eigenvalue weighted by Gasteiger charge is 2.52. The number of carboxylic acid groups (broad SMARTS) is 1. The van der Waals surface area contributed by atoms with E-state index in [1.165, 1.54) is 28.4 Å². The van der Waals surface area contributed by atoms with Crippen molar-refractivity contribution in [3.63, 3.8) is 0 Å². The minimum absolute atomic E-state index is 0.121. The van der Waals surface area contributed by atoms with Gasteiger partial charge in [0, 0.05) is 12.8 Å². The normalized spacial score (nSPS) is 22.4. The van der Waals surface area contributed by atoms with E-state index in [1.54, 1.807) is 0 Å². The summed E-state index contributed by atoms with van der Waals surface area (Å²) < 4.78 is 30.9. The molecule has 5 N–H and O–H groups in total. The number of methoxy groups -OCH3 is 4. The van der Waals surface area contributed by atoms with Crippen LogP contribution in [-0.4, -0.2) is 95.8 Å². The van der Waals surface area contributed by atoms with Crippen molar-refractivity contribution in [2.45, 2.75) is 36.8 Å². The molecule has 0 saturated heterocycles. The Kier molecular flexibility index (Phi) is 8.61. The molecule has 0 amide bonds. The van der Waals surface area contributed by atoms with Crippen molar-refractivity contribution in [2.75, 3.05) is 28.4 Å². The number of phenols is 2. The van der Waals surface area contributed by atoms with Crippen LogP contribution in [0.15, 0.2) is 24.3 Å². The molecule has 0 spiro atoms. The van der Waals surface area contributed by atoms with Crippen LogP contribution in [0.5, 0.6) is 34.5 Å². The number of hydrogen-bond acceptors (Lipinski definition) is 13. The average molecular weight is 552 g/mol. The van der Waals surface area contributed by atoms with E-state index >= 15 is 0 Å². The minimum Gasteiger partial charge on any atom is -0.502 e. The van der Waals surface area contributed by atoms with E-state index in [1.807, 2.05) is 0 Å². The molecule has 0 aromatic heterocycles. The second-order valence-corrected chi connectivity index (χ2v) is 8.58. The second-order valence-electron chi connectivity index (χ2n) is 8.58. The number of benzene rings is 2. The van der Waals surface area contributed by atoms with Crippen LogP contribution >= 0.6 is 0 Å². The minimum atomic E-state index is -2.51. The summed E-state index contributed by atoms with van der Waals surface area (Å²) in [7, 11) is 4.95. The molecule has 14 heteroatoms. The van der Waals surface area contributed by atoms with Crippen molar-refractivity contribution < 1.29 is 68.3 Å². The summed E-state index contributed by atoms with van der Waals surface area (Å²) in [6, 6.07) is 4.52. The Morgan fingerprint density at radius 2 is 1.13 bits per heavy atom. The fraction of sp³-hybridized carbons (Fsp3) is 0.400. The maximum absolute atomic E-state index is 13.0. The number of esters is 2. The van der Waals surface area contributed by atoms with Crippen molar-refractivity contribution in [2.24, 2.45) is 0 Å². The van der Waals surface area contributed by atoms with Crippen LogP contribution in [0.3, 0.4) is 0 Å². The van der Waals surface area contributed by atoms with Gasteiger partial charge in [-0.3, -0.25) is 0 Å². The lowest BCUT2D eigenvalue weighted by Crippen LogP contribution is -2.58. The third kappa shape index (κ3) is 5.86. The molecule has 0 radical (unpaired) electrons. The predicted molar refractivity (Wildman–Crippen MR) is 129 cm³/mol. The maximum Gasteiger partial charge on any atom is 0.338 e. The largest absolute Gasteiger partial charge is 0.502 e. The van der Waals surface area contributed by atoms with Crippen LogP contribution < -0.4 is 18.9 Å². The lowest BCUT2D eigenvalue weighted by Gasteiger charge is -2.40. The monoisotopic (exact) mass is 552 g/mol. The maximum atomic E-state index is 13.0. The number of hydrogen-bond donors (Lipinski definition) is 5. The number of aliphatic carboxylic acids is 1. The smallest absolute Gasteiger partial charge is 0.338 e. The van der Waals surface area contributed by atoms with Crippen LogP contribution in [0.25, 0.3) is 0 Å². The van der Waals surface area contributed by atoms with Gasteiger partial charge in [-0.2, -0.15) is 0 Å². The van der Waals surface area contributed by atoms with Crippen molar-refractivity contribution in [3.8, 4) is 34.5 Å². The lowest BCUT2D eigenvalue weighted by molar-refractivity contribution is -0.187. The molecule has 1 aliphatic carbocycles. The molecule has 212 valence electrons. The Bertz CT molecular complexity index is 1210. The molecule has 1 fully saturated rings. The van der Waals surface area contributed by atoms with E-state index in [0.29, 0.717) is 0 Å². The van der Waals surface area contributed by atoms with Gasteiger partial charge in [0.15, 0.2) is 34.7 Å². The lowest BCUT2D eigenvalue weighted by atomic mass is 9.79. The number of carbonyl (C=O) groups excluding carboxylic acids is 2. The second kappa shape index (κ2) is 11.5. The first-order valence-electron chi connectivity index (χ1n) is 11.3. The van der Waals surface area contributed by atoms with Crippen LogP contribution in [0.2, 0.25) is 0 Å². The Labute approximate surface area is 221 Å². The fourth-order valence-corrected chi connectivity index (χ4v) is 4.10. The number of ether oxygens (including phenoxy) is 6. The molecule has 4 atom stereocenters. The topological polar surface area (TPSA) is 208 Å². The van der Waals surface area contributed by atoms with E-state index in [2.05, 4.69) is 0 Å². The van der Waals surface area contributed by atoms with Crippen molar-refractivity contribution in [3.05, 3.63) is 35.4 Å². The number of rotatable bonds is 9. The molecule has 0 aliphatic heterocycles. The first-order chi connectivity index (χ1) is 18.4. The number of aromatic hydroxyl groups is 2. The molecule has 0 unspecified atom stereocenters. The number of phenolic OH excluding ortho intramolecular Hbond substituents is 2. The standard InChI is InChI=1S/C25H28O14/c1-34-14-5-11(6-15(35-2)19(14)27)22(29)38-18-10-25(33,24(31)32)9-13(26)21(18)39-23(30)12-7-16(36-3)20(28)17(8-12)37-4/h5-8,13,18,21,26-28,33H,9-10H2,1-4H3,(H,31,32)/t13-,18-,21-,25+/m1/s1. The Morgan fingerprint density at radius 1 is 0.744 bits per heavy atom. The van der Waals surface area contributed by atoms with E-state index < -0.39 is 60.4 Å². The zero-order valence-electron chi connectivity index (χ0n) is 21.4. The van der Waals surface area contributed by atoms with Crippen molar-refractivity contribution in [1.82, 2.24) is 0 Å². The average Bonchev–Trinajstić information content (AvgIpc) is 2.90. The third-order valence-electron chi connectivity index (χ3n) is 6.16. The molecule has 1 aliphatic rings. The van der Waals surface area contributed by atoms with Gasteiger partial charge in [0.25, 0.3) is 0 Å². The highest BCUT2D eigenvalue weighted by Crippen LogP contribution is 2.40. The van der Waals surface area contributed by atoms with Gasteiger partial charge < -0.3 is 54.0 Å². The number of carboxylic acids is 1. The number of carbonyl (C=O) groups is 3.